The molecule has 0 saturated heterocycles. The SMILES string of the molecule is CCOc1cc(C2CC(=O)Nc3c(C(=O)O)cn(-c4cccc(C(F)(F)F)c4)c32)ccc1O. The summed E-state index contributed by atoms with van der Waals surface area (Å²) in [5.41, 5.74) is -0.163. The molecule has 1 aliphatic rings. The summed E-state index contributed by atoms with van der Waals surface area (Å²) < 4.78 is 46.7. The van der Waals surface area contributed by atoms with Crippen molar-refractivity contribution in [2.75, 3.05) is 11.9 Å². The Balaban J connectivity index is 1.94. The Kier molecular flexibility index (Phi) is 5.52. The first-order valence-corrected chi connectivity index (χ1v) is 10.0. The maximum Gasteiger partial charge on any atom is 0.416 e. The molecule has 0 bridgehead atoms. The van der Waals surface area contributed by atoms with E-state index in [1.807, 2.05) is 0 Å². The molecule has 0 saturated carbocycles. The Morgan fingerprint density at radius 1 is 1.24 bits per heavy atom. The summed E-state index contributed by atoms with van der Waals surface area (Å²) >= 11 is 0. The highest BCUT2D eigenvalue weighted by Gasteiger charge is 2.36. The lowest BCUT2D eigenvalue weighted by Gasteiger charge is -2.27. The van der Waals surface area contributed by atoms with Crippen LogP contribution >= 0.6 is 0 Å². The second-order valence-electron chi connectivity index (χ2n) is 7.49. The first-order valence-electron chi connectivity index (χ1n) is 10.0. The van der Waals surface area contributed by atoms with Gasteiger partial charge in [0, 0.05) is 24.2 Å². The fourth-order valence-corrected chi connectivity index (χ4v) is 3.97. The topological polar surface area (TPSA) is 101 Å². The van der Waals surface area contributed by atoms with E-state index in [2.05, 4.69) is 5.32 Å². The van der Waals surface area contributed by atoms with Crippen LogP contribution in [0.2, 0.25) is 0 Å². The monoisotopic (exact) mass is 460 g/mol. The molecule has 0 radical (unpaired) electrons. The number of phenols is 1. The van der Waals surface area contributed by atoms with E-state index in [1.54, 1.807) is 13.0 Å². The van der Waals surface area contributed by atoms with Crippen LogP contribution in [0.1, 0.15) is 46.4 Å². The molecule has 10 heteroatoms. The van der Waals surface area contributed by atoms with Crippen molar-refractivity contribution in [2.45, 2.75) is 25.4 Å². The molecule has 7 nitrogen and oxygen atoms in total. The van der Waals surface area contributed by atoms with Crippen LogP contribution in [0.5, 0.6) is 11.5 Å². The number of aromatic hydroxyl groups is 1. The predicted octanol–water partition coefficient (Wildman–Crippen LogP) is 4.77. The van der Waals surface area contributed by atoms with Gasteiger partial charge in [-0.3, -0.25) is 4.79 Å². The van der Waals surface area contributed by atoms with E-state index in [1.165, 1.54) is 35.0 Å². The lowest BCUT2D eigenvalue weighted by molar-refractivity contribution is -0.137. The standard InChI is InChI=1S/C23H19F3N2O5/c1-2-33-18-8-12(6-7-17(18)29)15-10-19(30)27-20-16(22(31)32)11-28(21(15)20)14-5-3-4-13(9-14)23(24,25)26/h3-9,11,15,29H,2,10H2,1H3,(H,27,30)(H,31,32). The molecule has 4 rings (SSSR count). The van der Waals surface area contributed by atoms with Crippen LogP contribution < -0.4 is 10.1 Å². The second-order valence-corrected chi connectivity index (χ2v) is 7.49. The number of nitrogens with one attached hydrogen (secondary N) is 1. The maximum atomic E-state index is 13.3. The van der Waals surface area contributed by atoms with Gasteiger partial charge in [-0.2, -0.15) is 13.2 Å². The first kappa shape index (κ1) is 22.3. The number of fused-ring (bicyclic) bond motifs is 1. The van der Waals surface area contributed by atoms with Gasteiger partial charge in [-0.25, -0.2) is 4.79 Å². The number of carboxylic acid groups (broad SMARTS) is 1. The number of aromatic nitrogens is 1. The summed E-state index contributed by atoms with van der Waals surface area (Å²) in [6, 6.07) is 8.99. The number of amides is 1. The molecular formula is C23H19F3N2O5. The number of hydrogen-bond donors (Lipinski definition) is 3. The van der Waals surface area contributed by atoms with Crippen LogP contribution in [0.4, 0.5) is 18.9 Å². The van der Waals surface area contributed by atoms with Gasteiger partial charge in [0.2, 0.25) is 5.91 Å². The Morgan fingerprint density at radius 2 is 2.00 bits per heavy atom. The van der Waals surface area contributed by atoms with E-state index in [-0.39, 0.29) is 41.5 Å². The molecule has 2 heterocycles. The Bertz CT molecular complexity index is 1250. The van der Waals surface area contributed by atoms with Gasteiger partial charge in [0.05, 0.1) is 23.6 Å². The van der Waals surface area contributed by atoms with Gasteiger partial charge in [0.25, 0.3) is 0 Å². The molecule has 1 amide bonds. The molecule has 1 unspecified atom stereocenters. The highest BCUT2D eigenvalue weighted by molar-refractivity contribution is 6.04. The molecule has 172 valence electrons. The summed E-state index contributed by atoms with van der Waals surface area (Å²) in [6.07, 6.45) is -3.47. The fourth-order valence-electron chi connectivity index (χ4n) is 3.97. The van der Waals surface area contributed by atoms with Gasteiger partial charge >= 0.3 is 12.1 Å². The molecule has 0 spiro atoms. The molecule has 1 aromatic heterocycles. The summed E-state index contributed by atoms with van der Waals surface area (Å²) in [7, 11) is 0. The molecule has 0 aliphatic carbocycles. The van der Waals surface area contributed by atoms with E-state index in [4.69, 9.17) is 4.74 Å². The van der Waals surface area contributed by atoms with E-state index < -0.39 is 29.5 Å². The molecule has 3 aromatic rings. The summed E-state index contributed by atoms with van der Waals surface area (Å²) in [4.78, 5) is 24.3. The zero-order valence-corrected chi connectivity index (χ0v) is 17.3. The number of carbonyl (C=O) groups is 2. The number of carbonyl (C=O) groups excluding carboxylic acids is 1. The number of phenolic OH excluding ortho intramolecular Hbond substituents is 1. The van der Waals surface area contributed by atoms with E-state index in [9.17, 15) is 33.0 Å². The quantitative estimate of drug-likeness (QED) is 0.509. The predicted molar refractivity (Wildman–Crippen MR) is 112 cm³/mol. The number of benzene rings is 2. The van der Waals surface area contributed by atoms with Crippen molar-refractivity contribution in [3.63, 3.8) is 0 Å². The van der Waals surface area contributed by atoms with Crippen LogP contribution in [-0.2, 0) is 11.0 Å². The molecule has 1 aliphatic heterocycles. The zero-order valence-electron chi connectivity index (χ0n) is 17.3. The van der Waals surface area contributed by atoms with Gasteiger partial charge in [0.1, 0.15) is 5.56 Å². The van der Waals surface area contributed by atoms with Crippen LogP contribution in [0, 0.1) is 0 Å². The van der Waals surface area contributed by atoms with Crippen LogP contribution in [-0.4, -0.2) is 33.3 Å². The third-order valence-electron chi connectivity index (χ3n) is 5.40. The number of anilines is 1. The smallest absolute Gasteiger partial charge is 0.416 e. The molecule has 2 aromatic carbocycles. The van der Waals surface area contributed by atoms with Crippen molar-refractivity contribution in [1.82, 2.24) is 4.57 Å². The molecule has 0 fully saturated rings. The minimum atomic E-state index is -4.59. The highest BCUT2D eigenvalue weighted by atomic mass is 19.4. The second kappa shape index (κ2) is 8.19. The lowest BCUT2D eigenvalue weighted by Crippen LogP contribution is -2.25. The van der Waals surface area contributed by atoms with Crippen molar-refractivity contribution < 1.29 is 37.7 Å². The maximum absolute atomic E-state index is 13.3. The van der Waals surface area contributed by atoms with E-state index in [0.717, 1.165) is 12.1 Å². The Morgan fingerprint density at radius 3 is 2.67 bits per heavy atom. The summed E-state index contributed by atoms with van der Waals surface area (Å²) in [5.74, 6) is -2.41. The average Bonchev–Trinajstić information content (AvgIpc) is 3.14. The number of carboxylic acids is 1. The third kappa shape index (κ3) is 4.11. The fraction of sp³-hybridized carbons (Fsp3) is 0.217. The molecule has 33 heavy (non-hydrogen) atoms. The number of nitrogens with zero attached hydrogens (tertiary/aromatic N) is 1. The Labute approximate surface area is 186 Å². The van der Waals surface area contributed by atoms with Crippen molar-refractivity contribution in [3.8, 4) is 17.2 Å². The number of halogens is 3. The molecule has 1 atom stereocenters. The van der Waals surface area contributed by atoms with Crippen molar-refractivity contribution in [3.05, 3.63) is 71.0 Å². The normalized spacial score (nSPS) is 15.6. The van der Waals surface area contributed by atoms with E-state index >= 15 is 0 Å². The van der Waals surface area contributed by atoms with Gasteiger partial charge in [-0.15, -0.1) is 0 Å². The van der Waals surface area contributed by atoms with Crippen molar-refractivity contribution in [2.24, 2.45) is 0 Å². The minimum Gasteiger partial charge on any atom is -0.504 e. The van der Waals surface area contributed by atoms with Crippen molar-refractivity contribution >= 4 is 17.6 Å². The number of hydrogen-bond acceptors (Lipinski definition) is 4. The van der Waals surface area contributed by atoms with Crippen LogP contribution in [0.25, 0.3) is 5.69 Å². The van der Waals surface area contributed by atoms with Crippen LogP contribution in [0.15, 0.2) is 48.7 Å². The van der Waals surface area contributed by atoms with Gasteiger partial charge < -0.3 is 24.8 Å². The van der Waals surface area contributed by atoms with Gasteiger partial charge in [-0.1, -0.05) is 12.1 Å². The molecule has 3 N–H and O–H groups in total. The summed E-state index contributed by atoms with van der Waals surface area (Å²) in [5, 5.41) is 22.3. The first-order chi connectivity index (χ1) is 15.6. The summed E-state index contributed by atoms with van der Waals surface area (Å²) in [6.45, 7) is 2.01. The zero-order chi connectivity index (χ0) is 23.9. The molecular weight excluding hydrogens is 441 g/mol. The lowest BCUT2D eigenvalue weighted by atomic mass is 9.88. The largest absolute Gasteiger partial charge is 0.504 e. The van der Waals surface area contributed by atoms with E-state index in [0.29, 0.717) is 11.3 Å². The number of alkyl halides is 3. The minimum absolute atomic E-state index is 0.0206. The number of rotatable bonds is 5. The number of ether oxygens (including phenoxy) is 1. The van der Waals surface area contributed by atoms with Crippen molar-refractivity contribution in [1.29, 1.82) is 0 Å². The Hall–Kier alpha value is -3.95. The van der Waals surface area contributed by atoms with Crippen LogP contribution in [0.3, 0.4) is 0 Å². The average molecular weight is 460 g/mol. The third-order valence-corrected chi connectivity index (χ3v) is 5.40. The number of aromatic carboxylic acids is 1. The van der Waals surface area contributed by atoms with Gasteiger partial charge in [0.15, 0.2) is 11.5 Å². The highest BCUT2D eigenvalue weighted by Crippen LogP contribution is 2.43. The van der Waals surface area contributed by atoms with Gasteiger partial charge in [-0.05, 0) is 42.8 Å².